The van der Waals surface area contributed by atoms with Crippen molar-refractivity contribution in [2.75, 3.05) is 13.6 Å². The van der Waals surface area contributed by atoms with Gasteiger partial charge in [0.15, 0.2) is 0 Å². The molecule has 98 valence electrons. The summed E-state index contributed by atoms with van der Waals surface area (Å²) in [4.78, 5) is 6.67. The first-order valence-electron chi connectivity index (χ1n) is 6.44. The van der Waals surface area contributed by atoms with Crippen LogP contribution in [0.5, 0.6) is 0 Å². The van der Waals surface area contributed by atoms with Crippen LogP contribution in [0.15, 0.2) is 10.9 Å². The SMILES string of the molecule is CCCC(C)NCC(C)N(C)Cc1cscn1. The van der Waals surface area contributed by atoms with Crippen molar-refractivity contribution in [1.29, 1.82) is 0 Å². The second-order valence-corrected chi connectivity index (χ2v) is 5.56. The average Bonchev–Trinajstić information content (AvgIpc) is 2.79. The monoisotopic (exact) mass is 255 g/mol. The van der Waals surface area contributed by atoms with Crippen molar-refractivity contribution in [3.05, 3.63) is 16.6 Å². The van der Waals surface area contributed by atoms with Gasteiger partial charge in [0, 0.05) is 30.6 Å². The largest absolute Gasteiger partial charge is 0.313 e. The minimum absolute atomic E-state index is 0.538. The van der Waals surface area contributed by atoms with E-state index in [2.05, 4.69) is 48.4 Å². The van der Waals surface area contributed by atoms with Gasteiger partial charge in [-0.2, -0.15) is 0 Å². The quantitative estimate of drug-likeness (QED) is 0.774. The highest BCUT2D eigenvalue weighted by Gasteiger charge is 2.11. The van der Waals surface area contributed by atoms with Crippen LogP contribution < -0.4 is 5.32 Å². The molecule has 1 heterocycles. The first-order chi connectivity index (χ1) is 8.13. The van der Waals surface area contributed by atoms with E-state index in [1.54, 1.807) is 11.3 Å². The molecule has 0 aliphatic rings. The van der Waals surface area contributed by atoms with Crippen molar-refractivity contribution in [2.45, 2.75) is 52.2 Å². The number of hydrogen-bond donors (Lipinski definition) is 1. The molecular weight excluding hydrogens is 230 g/mol. The molecule has 0 saturated carbocycles. The van der Waals surface area contributed by atoms with Crippen molar-refractivity contribution in [2.24, 2.45) is 0 Å². The molecule has 1 aromatic heterocycles. The van der Waals surface area contributed by atoms with Crippen LogP contribution in [0.25, 0.3) is 0 Å². The zero-order valence-corrected chi connectivity index (χ0v) is 12.3. The number of likely N-dealkylation sites (N-methyl/N-ethyl adjacent to an activating group) is 1. The lowest BCUT2D eigenvalue weighted by Crippen LogP contribution is -2.40. The van der Waals surface area contributed by atoms with Crippen LogP contribution in [0.3, 0.4) is 0 Å². The Bertz CT molecular complexity index is 287. The molecule has 4 heteroatoms. The Labute approximate surface area is 109 Å². The van der Waals surface area contributed by atoms with E-state index in [0.717, 1.165) is 13.1 Å². The van der Waals surface area contributed by atoms with Gasteiger partial charge in [-0.15, -0.1) is 11.3 Å². The van der Waals surface area contributed by atoms with Crippen LogP contribution in [0.4, 0.5) is 0 Å². The standard InChI is InChI=1S/C13H25N3S/c1-5-6-11(2)14-7-12(3)16(4)8-13-9-17-10-15-13/h9-12,14H,5-8H2,1-4H3. The van der Waals surface area contributed by atoms with E-state index >= 15 is 0 Å². The summed E-state index contributed by atoms with van der Waals surface area (Å²) in [5.74, 6) is 0. The maximum atomic E-state index is 4.32. The third-order valence-corrected chi connectivity index (χ3v) is 3.77. The van der Waals surface area contributed by atoms with Gasteiger partial charge in [0.05, 0.1) is 11.2 Å². The van der Waals surface area contributed by atoms with Gasteiger partial charge in [0.25, 0.3) is 0 Å². The fraction of sp³-hybridized carbons (Fsp3) is 0.769. The zero-order chi connectivity index (χ0) is 12.7. The summed E-state index contributed by atoms with van der Waals surface area (Å²) < 4.78 is 0. The van der Waals surface area contributed by atoms with Crippen molar-refractivity contribution in [3.8, 4) is 0 Å². The fourth-order valence-electron chi connectivity index (χ4n) is 1.79. The molecule has 2 unspecified atom stereocenters. The Hall–Kier alpha value is -0.450. The smallest absolute Gasteiger partial charge is 0.0795 e. The van der Waals surface area contributed by atoms with Gasteiger partial charge in [-0.1, -0.05) is 13.3 Å². The molecule has 2 atom stereocenters. The lowest BCUT2D eigenvalue weighted by Gasteiger charge is -2.25. The van der Waals surface area contributed by atoms with E-state index < -0.39 is 0 Å². The first-order valence-corrected chi connectivity index (χ1v) is 7.38. The lowest BCUT2D eigenvalue weighted by molar-refractivity contribution is 0.235. The first kappa shape index (κ1) is 14.6. The number of hydrogen-bond acceptors (Lipinski definition) is 4. The molecule has 0 fully saturated rings. The van der Waals surface area contributed by atoms with E-state index in [1.165, 1.54) is 18.5 Å². The van der Waals surface area contributed by atoms with Gasteiger partial charge in [-0.25, -0.2) is 4.98 Å². The van der Waals surface area contributed by atoms with Crippen LogP contribution >= 0.6 is 11.3 Å². The Morgan fingerprint density at radius 1 is 1.47 bits per heavy atom. The molecule has 0 aliphatic carbocycles. The Morgan fingerprint density at radius 2 is 2.24 bits per heavy atom. The van der Waals surface area contributed by atoms with Gasteiger partial charge in [-0.3, -0.25) is 4.90 Å². The predicted molar refractivity (Wildman–Crippen MR) is 75.4 cm³/mol. The molecule has 0 saturated heterocycles. The average molecular weight is 255 g/mol. The summed E-state index contributed by atoms with van der Waals surface area (Å²) in [7, 11) is 2.16. The zero-order valence-electron chi connectivity index (χ0n) is 11.4. The van der Waals surface area contributed by atoms with Crippen LogP contribution in [-0.2, 0) is 6.54 Å². The number of nitrogens with zero attached hydrogens (tertiary/aromatic N) is 2. The maximum Gasteiger partial charge on any atom is 0.0795 e. The highest BCUT2D eigenvalue weighted by molar-refractivity contribution is 7.07. The van der Waals surface area contributed by atoms with Gasteiger partial charge in [0.1, 0.15) is 0 Å². The molecule has 0 amide bonds. The molecule has 1 aromatic rings. The third kappa shape index (κ3) is 5.61. The second kappa shape index (κ2) is 7.80. The fourth-order valence-corrected chi connectivity index (χ4v) is 2.34. The molecule has 17 heavy (non-hydrogen) atoms. The summed E-state index contributed by atoms with van der Waals surface area (Å²) in [6.07, 6.45) is 2.50. The van der Waals surface area contributed by atoms with E-state index in [4.69, 9.17) is 0 Å². The van der Waals surface area contributed by atoms with E-state index in [1.807, 2.05) is 5.51 Å². The summed E-state index contributed by atoms with van der Waals surface area (Å²) in [5, 5.41) is 5.71. The molecule has 0 spiro atoms. The van der Waals surface area contributed by atoms with Crippen molar-refractivity contribution < 1.29 is 0 Å². The molecular formula is C13H25N3S. The molecule has 1 rings (SSSR count). The summed E-state index contributed by atoms with van der Waals surface area (Å²) in [6, 6.07) is 1.16. The van der Waals surface area contributed by atoms with Gasteiger partial charge < -0.3 is 5.32 Å². The van der Waals surface area contributed by atoms with Crippen LogP contribution in [0.1, 0.15) is 39.3 Å². The molecule has 0 aromatic carbocycles. The van der Waals surface area contributed by atoms with Crippen LogP contribution in [0.2, 0.25) is 0 Å². The molecule has 0 aliphatic heterocycles. The Kier molecular flexibility index (Phi) is 6.70. The number of rotatable bonds is 8. The molecule has 1 N–H and O–H groups in total. The highest BCUT2D eigenvalue weighted by Crippen LogP contribution is 2.06. The lowest BCUT2D eigenvalue weighted by atomic mass is 10.2. The second-order valence-electron chi connectivity index (χ2n) is 4.84. The number of aromatic nitrogens is 1. The molecule has 0 radical (unpaired) electrons. The Morgan fingerprint density at radius 3 is 2.82 bits per heavy atom. The summed E-state index contributed by atoms with van der Waals surface area (Å²) in [5.41, 5.74) is 3.07. The highest BCUT2D eigenvalue weighted by atomic mass is 32.1. The number of thiazole rings is 1. The van der Waals surface area contributed by atoms with Gasteiger partial charge in [0.2, 0.25) is 0 Å². The predicted octanol–water partition coefficient (Wildman–Crippen LogP) is 2.74. The molecule has 0 bridgehead atoms. The van der Waals surface area contributed by atoms with Crippen LogP contribution in [-0.4, -0.2) is 35.6 Å². The minimum Gasteiger partial charge on any atom is -0.313 e. The minimum atomic E-state index is 0.538. The third-order valence-electron chi connectivity index (χ3n) is 3.13. The van der Waals surface area contributed by atoms with Crippen LogP contribution in [0, 0.1) is 0 Å². The topological polar surface area (TPSA) is 28.2 Å². The Balaban J connectivity index is 2.24. The summed E-state index contributed by atoms with van der Waals surface area (Å²) in [6.45, 7) is 8.74. The van der Waals surface area contributed by atoms with Gasteiger partial charge in [-0.05, 0) is 27.3 Å². The number of nitrogens with one attached hydrogen (secondary N) is 1. The van der Waals surface area contributed by atoms with E-state index in [9.17, 15) is 0 Å². The van der Waals surface area contributed by atoms with E-state index in [-0.39, 0.29) is 0 Å². The van der Waals surface area contributed by atoms with Crippen molar-refractivity contribution in [1.82, 2.24) is 15.2 Å². The normalized spacial score (nSPS) is 15.1. The van der Waals surface area contributed by atoms with E-state index in [0.29, 0.717) is 12.1 Å². The maximum absolute atomic E-state index is 4.32. The van der Waals surface area contributed by atoms with Crippen molar-refractivity contribution >= 4 is 11.3 Å². The van der Waals surface area contributed by atoms with Gasteiger partial charge >= 0.3 is 0 Å². The van der Waals surface area contributed by atoms with Crippen molar-refractivity contribution in [3.63, 3.8) is 0 Å². The molecule has 3 nitrogen and oxygen atoms in total. The summed E-state index contributed by atoms with van der Waals surface area (Å²) >= 11 is 1.66.